The van der Waals surface area contributed by atoms with E-state index in [1.807, 2.05) is 12.1 Å². The van der Waals surface area contributed by atoms with Gasteiger partial charge in [0, 0.05) is 28.7 Å². The Morgan fingerprint density at radius 2 is 1.79 bits per heavy atom. The third-order valence-corrected chi connectivity index (χ3v) is 6.54. The van der Waals surface area contributed by atoms with Crippen LogP contribution in [0, 0.1) is 3.57 Å². The van der Waals surface area contributed by atoms with Crippen molar-refractivity contribution in [1.29, 1.82) is 0 Å². The van der Waals surface area contributed by atoms with Gasteiger partial charge in [0.15, 0.2) is 0 Å². The minimum Gasteiger partial charge on any atom is -0.310 e. The van der Waals surface area contributed by atoms with E-state index in [2.05, 4.69) is 27.9 Å². The fourth-order valence-electron chi connectivity index (χ4n) is 2.88. The van der Waals surface area contributed by atoms with E-state index in [0.717, 1.165) is 16.4 Å². The van der Waals surface area contributed by atoms with Gasteiger partial charge in [-0.1, -0.05) is 0 Å². The molecule has 0 amide bonds. The lowest BCUT2D eigenvalue weighted by Gasteiger charge is -2.23. The number of sulfonamides is 1. The van der Waals surface area contributed by atoms with E-state index in [-0.39, 0.29) is 0 Å². The minimum absolute atomic E-state index is 0.325. The maximum Gasteiger partial charge on any atom is 0.243 e. The molecule has 1 aromatic carbocycles. The van der Waals surface area contributed by atoms with Gasteiger partial charge in [-0.05, 0) is 66.1 Å². The highest BCUT2D eigenvalue weighted by atomic mass is 127. The molecule has 4 nitrogen and oxygen atoms in total. The molecule has 0 radical (unpaired) electrons. The molecule has 0 saturated carbocycles. The van der Waals surface area contributed by atoms with Gasteiger partial charge < -0.3 is 5.32 Å². The van der Waals surface area contributed by atoms with Gasteiger partial charge in [-0.3, -0.25) is 0 Å². The topological polar surface area (TPSA) is 49.4 Å². The van der Waals surface area contributed by atoms with Crippen molar-refractivity contribution in [1.82, 2.24) is 9.62 Å². The quantitative estimate of drug-likeness (QED) is 0.782. The molecule has 0 spiro atoms. The van der Waals surface area contributed by atoms with Gasteiger partial charge in [0.05, 0.1) is 4.90 Å². The second-order valence-electron chi connectivity index (χ2n) is 5.24. The number of nitrogens with zero attached hydrogens (tertiary/aromatic N) is 1. The molecular formula is C13H17IN2O2S. The van der Waals surface area contributed by atoms with E-state index in [1.54, 1.807) is 16.4 Å². The Bertz CT molecular complexity index is 559. The maximum absolute atomic E-state index is 12.6. The smallest absolute Gasteiger partial charge is 0.243 e. The Balaban J connectivity index is 1.85. The van der Waals surface area contributed by atoms with Crippen molar-refractivity contribution in [2.45, 2.75) is 36.2 Å². The molecule has 1 N–H and O–H groups in total. The van der Waals surface area contributed by atoms with Gasteiger partial charge in [0.25, 0.3) is 0 Å². The van der Waals surface area contributed by atoms with Crippen LogP contribution in [0.2, 0.25) is 0 Å². The van der Waals surface area contributed by atoms with Crippen molar-refractivity contribution in [3.8, 4) is 0 Å². The lowest BCUT2D eigenvalue weighted by molar-refractivity contribution is 0.383. The Hall–Kier alpha value is -0.180. The molecular weight excluding hydrogens is 375 g/mol. The molecule has 3 rings (SSSR count). The van der Waals surface area contributed by atoms with Crippen molar-refractivity contribution < 1.29 is 8.42 Å². The molecule has 6 heteroatoms. The first-order chi connectivity index (χ1) is 9.05. The zero-order chi connectivity index (χ0) is 13.5. The van der Waals surface area contributed by atoms with Crippen molar-refractivity contribution in [2.75, 3.05) is 13.1 Å². The molecule has 2 aliphatic heterocycles. The molecule has 2 fully saturated rings. The summed E-state index contributed by atoms with van der Waals surface area (Å²) in [5, 5.41) is 3.51. The molecule has 2 bridgehead atoms. The Morgan fingerprint density at radius 3 is 2.53 bits per heavy atom. The van der Waals surface area contributed by atoms with Crippen LogP contribution < -0.4 is 5.32 Å². The van der Waals surface area contributed by atoms with Crippen LogP contribution in [0.4, 0.5) is 0 Å². The highest BCUT2D eigenvalue weighted by molar-refractivity contribution is 14.1. The number of hydrogen-bond donors (Lipinski definition) is 1. The van der Waals surface area contributed by atoms with Gasteiger partial charge in [0.1, 0.15) is 0 Å². The maximum atomic E-state index is 12.6. The average Bonchev–Trinajstić information content (AvgIpc) is 2.69. The summed E-state index contributed by atoms with van der Waals surface area (Å²) in [4.78, 5) is 0.408. The first kappa shape index (κ1) is 13.8. The monoisotopic (exact) mass is 392 g/mol. The van der Waals surface area contributed by atoms with Crippen molar-refractivity contribution >= 4 is 32.6 Å². The summed E-state index contributed by atoms with van der Waals surface area (Å²) < 4.78 is 27.9. The van der Waals surface area contributed by atoms with Gasteiger partial charge in [0.2, 0.25) is 10.0 Å². The van der Waals surface area contributed by atoms with Crippen molar-refractivity contribution in [3.63, 3.8) is 0 Å². The molecule has 19 heavy (non-hydrogen) atoms. The summed E-state index contributed by atoms with van der Waals surface area (Å²) in [6.07, 6.45) is 3.19. The molecule has 2 heterocycles. The molecule has 2 aliphatic rings. The van der Waals surface area contributed by atoms with Gasteiger partial charge in [-0.15, -0.1) is 0 Å². The number of benzene rings is 1. The lowest BCUT2D eigenvalue weighted by Crippen LogP contribution is -2.39. The van der Waals surface area contributed by atoms with Crippen LogP contribution in [0.25, 0.3) is 0 Å². The highest BCUT2D eigenvalue weighted by Gasteiger charge is 2.34. The number of halogens is 1. The van der Waals surface area contributed by atoms with E-state index in [4.69, 9.17) is 0 Å². The van der Waals surface area contributed by atoms with Crippen LogP contribution in [0.3, 0.4) is 0 Å². The Morgan fingerprint density at radius 1 is 1.11 bits per heavy atom. The summed E-state index contributed by atoms with van der Waals surface area (Å²) in [6, 6.07) is 7.92. The number of nitrogens with one attached hydrogen (secondary N) is 1. The van der Waals surface area contributed by atoms with Crippen LogP contribution >= 0.6 is 22.6 Å². The molecule has 0 aromatic heterocycles. The number of fused-ring (bicyclic) bond motifs is 2. The zero-order valence-electron chi connectivity index (χ0n) is 10.5. The minimum atomic E-state index is -3.33. The van der Waals surface area contributed by atoms with Crippen LogP contribution in [0.5, 0.6) is 0 Å². The summed E-state index contributed by atoms with van der Waals surface area (Å²) in [5.41, 5.74) is 0. The predicted molar refractivity (Wildman–Crippen MR) is 82.5 cm³/mol. The first-order valence-corrected chi connectivity index (χ1v) is 9.09. The van der Waals surface area contributed by atoms with Crippen LogP contribution in [-0.2, 0) is 10.0 Å². The summed E-state index contributed by atoms with van der Waals surface area (Å²) >= 11 is 2.18. The normalized spacial score (nSPS) is 28.3. The Labute approximate surface area is 127 Å². The SMILES string of the molecule is O=S(=O)(c1ccc(I)cc1)N1CCC2CCC(C1)N2. The first-order valence-electron chi connectivity index (χ1n) is 6.57. The molecule has 1 aromatic rings. The summed E-state index contributed by atoms with van der Waals surface area (Å²) in [6.45, 7) is 1.23. The summed E-state index contributed by atoms with van der Waals surface area (Å²) in [7, 11) is -3.33. The second kappa shape index (κ2) is 5.31. The van der Waals surface area contributed by atoms with Crippen molar-refractivity contribution in [3.05, 3.63) is 27.8 Å². The molecule has 2 unspecified atom stereocenters. The standard InChI is InChI=1S/C13H17IN2O2S/c14-10-1-5-13(6-2-10)19(17,18)16-8-7-11-3-4-12(9-16)15-11/h1-2,5-6,11-12,15H,3-4,7-9H2. The molecule has 2 saturated heterocycles. The van der Waals surface area contributed by atoms with Gasteiger partial charge in [-0.25, -0.2) is 8.42 Å². The zero-order valence-corrected chi connectivity index (χ0v) is 13.5. The fourth-order valence-corrected chi connectivity index (χ4v) is 4.74. The summed E-state index contributed by atoms with van der Waals surface area (Å²) in [5.74, 6) is 0. The molecule has 104 valence electrons. The van der Waals surface area contributed by atoms with E-state index >= 15 is 0 Å². The van der Waals surface area contributed by atoms with Crippen LogP contribution in [0.15, 0.2) is 29.2 Å². The predicted octanol–water partition coefficient (Wildman–Crippen LogP) is 1.81. The van der Waals surface area contributed by atoms with E-state index in [1.165, 1.54) is 6.42 Å². The van der Waals surface area contributed by atoms with E-state index in [0.29, 0.717) is 30.1 Å². The molecule has 0 aliphatic carbocycles. The average molecular weight is 392 g/mol. The van der Waals surface area contributed by atoms with Gasteiger partial charge in [-0.2, -0.15) is 4.31 Å². The lowest BCUT2D eigenvalue weighted by atomic mass is 10.1. The van der Waals surface area contributed by atoms with Crippen molar-refractivity contribution in [2.24, 2.45) is 0 Å². The van der Waals surface area contributed by atoms with E-state index in [9.17, 15) is 8.42 Å². The highest BCUT2D eigenvalue weighted by Crippen LogP contribution is 2.25. The third kappa shape index (κ3) is 2.81. The largest absolute Gasteiger partial charge is 0.310 e. The van der Waals surface area contributed by atoms with E-state index < -0.39 is 10.0 Å². The van der Waals surface area contributed by atoms with Gasteiger partial charge >= 0.3 is 0 Å². The van der Waals surface area contributed by atoms with Crippen LogP contribution in [-0.4, -0.2) is 37.9 Å². The molecule has 2 atom stereocenters. The number of hydrogen-bond acceptors (Lipinski definition) is 3. The third-order valence-electron chi connectivity index (χ3n) is 3.94. The number of rotatable bonds is 2. The Kier molecular flexibility index (Phi) is 3.85. The second-order valence-corrected chi connectivity index (χ2v) is 8.43. The van der Waals surface area contributed by atoms with Crippen LogP contribution in [0.1, 0.15) is 19.3 Å². The fraction of sp³-hybridized carbons (Fsp3) is 0.538.